The Balaban J connectivity index is 1.44. The third kappa shape index (κ3) is 5.05. The molecule has 0 aromatic heterocycles. The summed E-state index contributed by atoms with van der Waals surface area (Å²) in [6.45, 7) is 9.15. The van der Waals surface area contributed by atoms with Gasteiger partial charge in [-0.15, -0.1) is 0 Å². The van der Waals surface area contributed by atoms with Gasteiger partial charge in [0.15, 0.2) is 0 Å². The van der Waals surface area contributed by atoms with Crippen molar-refractivity contribution in [1.29, 1.82) is 0 Å². The Morgan fingerprint density at radius 2 is 1.96 bits per heavy atom. The number of ether oxygens (including phenoxy) is 1. The van der Waals surface area contributed by atoms with E-state index in [9.17, 15) is 0 Å². The number of nitrogens with zero attached hydrogens (tertiary/aromatic N) is 2. The molecule has 2 aliphatic rings. The van der Waals surface area contributed by atoms with Crippen LogP contribution in [0.3, 0.4) is 0 Å². The Kier molecular flexibility index (Phi) is 6.70. The van der Waals surface area contributed by atoms with E-state index in [2.05, 4.69) is 48.0 Å². The summed E-state index contributed by atoms with van der Waals surface area (Å²) in [5.41, 5.74) is 2.95. The highest BCUT2D eigenvalue weighted by Gasteiger charge is 2.24. The molecule has 2 fully saturated rings. The predicted octanol–water partition coefficient (Wildman–Crippen LogP) is 3.36. The Morgan fingerprint density at radius 3 is 2.75 bits per heavy atom. The van der Waals surface area contributed by atoms with Crippen LogP contribution in [0.1, 0.15) is 36.8 Å². The fraction of sp³-hybridized carbons (Fsp3) is 0.714. The molecule has 0 aliphatic carbocycles. The van der Waals surface area contributed by atoms with Crippen LogP contribution in [-0.2, 0) is 11.2 Å². The Hall–Kier alpha value is -0.900. The van der Waals surface area contributed by atoms with Gasteiger partial charge >= 0.3 is 0 Å². The van der Waals surface area contributed by atoms with Crippen LogP contribution < -0.4 is 0 Å². The number of likely N-dealkylation sites (tertiary alicyclic amines) is 1. The fourth-order valence-electron chi connectivity index (χ4n) is 4.35. The summed E-state index contributed by atoms with van der Waals surface area (Å²) < 4.78 is 5.51. The molecule has 3 rings (SSSR count). The van der Waals surface area contributed by atoms with Gasteiger partial charge in [0.25, 0.3) is 0 Å². The van der Waals surface area contributed by atoms with Crippen molar-refractivity contribution in [3.63, 3.8) is 0 Å². The predicted molar refractivity (Wildman–Crippen MR) is 101 cm³/mol. The first-order valence-electron chi connectivity index (χ1n) is 9.77. The summed E-state index contributed by atoms with van der Waals surface area (Å²) in [6.07, 6.45) is 6.37. The molecular weight excluding hydrogens is 296 g/mol. The molecule has 0 radical (unpaired) electrons. The molecule has 0 saturated carbocycles. The molecule has 1 aromatic carbocycles. The Labute approximate surface area is 148 Å². The van der Waals surface area contributed by atoms with Crippen molar-refractivity contribution >= 4 is 0 Å². The summed E-state index contributed by atoms with van der Waals surface area (Å²) in [6, 6.07) is 9.57. The van der Waals surface area contributed by atoms with Gasteiger partial charge in [0.2, 0.25) is 0 Å². The number of benzene rings is 1. The lowest BCUT2D eigenvalue weighted by Crippen LogP contribution is -2.44. The van der Waals surface area contributed by atoms with Crippen LogP contribution in [-0.4, -0.2) is 62.3 Å². The van der Waals surface area contributed by atoms with Crippen molar-refractivity contribution in [3.05, 3.63) is 35.4 Å². The molecule has 2 heterocycles. The molecule has 1 atom stereocenters. The molecule has 24 heavy (non-hydrogen) atoms. The highest BCUT2D eigenvalue weighted by Crippen LogP contribution is 2.21. The molecule has 0 N–H and O–H groups in total. The second kappa shape index (κ2) is 8.98. The van der Waals surface area contributed by atoms with E-state index in [1.54, 1.807) is 0 Å². The van der Waals surface area contributed by atoms with Crippen molar-refractivity contribution < 1.29 is 4.74 Å². The summed E-state index contributed by atoms with van der Waals surface area (Å²) in [4.78, 5) is 5.30. The number of hydrogen-bond acceptors (Lipinski definition) is 3. The summed E-state index contributed by atoms with van der Waals surface area (Å²) in [7, 11) is 2.32. The lowest BCUT2D eigenvalue weighted by atomic mass is 9.95. The zero-order chi connectivity index (χ0) is 16.8. The van der Waals surface area contributed by atoms with Crippen LogP contribution in [0.5, 0.6) is 0 Å². The van der Waals surface area contributed by atoms with Crippen LogP contribution in [0, 0.1) is 12.8 Å². The van der Waals surface area contributed by atoms with Crippen LogP contribution in [0.4, 0.5) is 0 Å². The van der Waals surface area contributed by atoms with E-state index in [1.165, 1.54) is 69.4 Å². The average Bonchev–Trinajstić information content (AvgIpc) is 2.62. The lowest BCUT2D eigenvalue weighted by molar-refractivity contribution is 0.0324. The van der Waals surface area contributed by atoms with E-state index in [4.69, 9.17) is 4.74 Å². The number of aryl methyl sites for hydroxylation is 1. The molecule has 3 nitrogen and oxygen atoms in total. The molecule has 2 aliphatic heterocycles. The van der Waals surface area contributed by atoms with Gasteiger partial charge in [0, 0.05) is 38.9 Å². The SMILES string of the molecule is Cc1ccccc1CCN1CCC[C@@H](CN(C)C2CCOCC2)C1. The summed E-state index contributed by atoms with van der Waals surface area (Å²) in [5.74, 6) is 0.837. The van der Waals surface area contributed by atoms with Crippen LogP contribution in [0.2, 0.25) is 0 Å². The largest absolute Gasteiger partial charge is 0.381 e. The van der Waals surface area contributed by atoms with Gasteiger partial charge in [-0.25, -0.2) is 0 Å². The number of hydrogen-bond donors (Lipinski definition) is 0. The molecule has 0 unspecified atom stereocenters. The second-order valence-corrected chi connectivity index (χ2v) is 7.77. The third-order valence-electron chi connectivity index (χ3n) is 5.92. The maximum Gasteiger partial charge on any atom is 0.0480 e. The molecule has 1 aromatic rings. The van der Waals surface area contributed by atoms with Crippen molar-refractivity contribution in [2.45, 2.75) is 45.1 Å². The van der Waals surface area contributed by atoms with Gasteiger partial charge in [-0.2, -0.15) is 0 Å². The molecule has 2 saturated heterocycles. The maximum absolute atomic E-state index is 5.51. The van der Waals surface area contributed by atoms with Crippen molar-refractivity contribution in [2.24, 2.45) is 5.92 Å². The van der Waals surface area contributed by atoms with Gasteiger partial charge in [0.05, 0.1) is 0 Å². The molecule has 3 heteroatoms. The van der Waals surface area contributed by atoms with Gasteiger partial charge < -0.3 is 14.5 Å². The van der Waals surface area contributed by atoms with Gasteiger partial charge in [0.1, 0.15) is 0 Å². The van der Waals surface area contributed by atoms with E-state index < -0.39 is 0 Å². The zero-order valence-corrected chi connectivity index (χ0v) is 15.5. The number of rotatable bonds is 6. The van der Waals surface area contributed by atoms with Crippen LogP contribution >= 0.6 is 0 Å². The fourth-order valence-corrected chi connectivity index (χ4v) is 4.35. The normalized spacial score (nSPS) is 23.7. The quantitative estimate of drug-likeness (QED) is 0.795. The zero-order valence-electron chi connectivity index (χ0n) is 15.5. The van der Waals surface area contributed by atoms with E-state index >= 15 is 0 Å². The monoisotopic (exact) mass is 330 g/mol. The Bertz CT molecular complexity index is 498. The maximum atomic E-state index is 5.51. The minimum atomic E-state index is 0.737. The smallest absolute Gasteiger partial charge is 0.0480 e. The molecule has 0 amide bonds. The minimum absolute atomic E-state index is 0.737. The summed E-state index contributed by atoms with van der Waals surface area (Å²) in [5, 5.41) is 0. The topological polar surface area (TPSA) is 15.7 Å². The second-order valence-electron chi connectivity index (χ2n) is 7.77. The van der Waals surface area contributed by atoms with Crippen LogP contribution in [0.25, 0.3) is 0 Å². The van der Waals surface area contributed by atoms with Crippen LogP contribution in [0.15, 0.2) is 24.3 Å². The average molecular weight is 331 g/mol. The molecular formula is C21H34N2O. The molecule has 0 bridgehead atoms. The first-order valence-corrected chi connectivity index (χ1v) is 9.77. The first-order chi connectivity index (χ1) is 11.7. The van der Waals surface area contributed by atoms with E-state index in [-0.39, 0.29) is 0 Å². The van der Waals surface area contributed by atoms with Crippen molar-refractivity contribution in [2.75, 3.05) is 46.4 Å². The minimum Gasteiger partial charge on any atom is -0.381 e. The van der Waals surface area contributed by atoms with E-state index in [1.807, 2.05) is 0 Å². The van der Waals surface area contributed by atoms with Gasteiger partial charge in [-0.1, -0.05) is 24.3 Å². The first kappa shape index (κ1) is 17.9. The number of piperidine rings is 1. The Morgan fingerprint density at radius 1 is 1.17 bits per heavy atom. The third-order valence-corrected chi connectivity index (χ3v) is 5.92. The summed E-state index contributed by atoms with van der Waals surface area (Å²) >= 11 is 0. The van der Waals surface area contributed by atoms with Gasteiger partial charge in [-0.3, -0.25) is 0 Å². The van der Waals surface area contributed by atoms with E-state index in [0.717, 1.165) is 25.2 Å². The van der Waals surface area contributed by atoms with Crippen molar-refractivity contribution in [1.82, 2.24) is 9.80 Å². The van der Waals surface area contributed by atoms with Crippen molar-refractivity contribution in [3.8, 4) is 0 Å². The van der Waals surface area contributed by atoms with E-state index in [0.29, 0.717) is 0 Å². The highest BCUT2D eigenvalue weighted by atomic mass is 16.5. The highest BCUT2D eigenvalue weighted by molar-refractivity contribution is 5.25. The standard InChI is InChI=1S/C21H34N2O/c1-18-6-3-4-8-20(18)9-13-23-12-5-7-19(17-23)16-22(2)21-10-14-24-15-11-21/h3-4,6,8,19,21H,5,7,9-17H2,1-2H3/t19-/m0/s1. The van der Waals surface area contributed by atoms with Gasteiger partial charge in [-0.05, 0) is 69.7 Å². The lowest BCUT2D eigenvalue weighted by Gasteiger charge is -2.38. The molecule has 134 valence electrons. The molecule has 0 spiro atoms.